The zero-order chi connectivity index (χ0) is 39.3. The summed E-state index contributed by atoms with van der Waals surface area (Å²) < 4.78 is 4.79. The van der Waals surface area contributed by atoms with Crippen molar-refractivity contribution in [3.63, 3.8) is 0 Å². The molecule has 3 amide bonds. The van der Waals surface area contributed by atoms with E-state index in [1.165, 1.54) is 7.11 Å². The molecule has 290 valence electrons. The van der Waals surface area contributed by atoms with Gasteiger partial charge in [0.2, 0.25) is 11.8 Å². The Balaban J connectivity index is 1.14. The number of carbonyl (C=O) groups is 3. The number of aromatic amines is 2. The number of rotatable bonds is 11. The smallest absolute Gasteiger partial charge is 0.407 e. The largest absolute Gasteiger partial charge is 0.453 e. The van der Waals surface area contributed by atoms with Crippen molar-refractivity contribution in [2.45, 2.75) is 83.8 Å². The van der Waals surface area contributed by atoms with Crippen LogP contribution in [0.15, 0.2) is 67.0 Å². The van der Waals surface area contributed by atoms with E-state index >= 15 is 0 Å². The van der Waals surface area contributed by atoms with Gasteiger partial charge in [0.1, 0.15) is 29.4 Å². The highest BCUT2D eigenvalue weighted by Crippen LogP contribution is 2.38. The van der Waals surface area contributed by atoms with Crippen LogP contribution in [0.5, 0.6) is 0 Å². The molecule has 4 aromatic rings. The number of amides is 3. The molecule has 4 heterocycles. The number of carbonyl (C=O) groups excluding carboxylic acids is 3. The van der Waals surface area contributed by atoms with Gasteiger partial charge in [0, 0.05) is 18.3 Å². The Bertz CT molecular complexity index is 2010. The van der Waals surface area contributed by atoms with Crippen molar-refractivity contribution in [3.05, 3.63) is 95.5 Å². The van der Waals surface area contributed by atoms with Gasteiger partial charge in [-0.25, -0.2) is 14.8 Å². The average Bonchev–Trinajstić information content (AvgIpc) is 4.01. The summed E-state index contributed by atoms with van der Waals surface area (Å²) in [4.78, 5) is 62.4. The van der Waals surface area contributed by atoms with Crippen LogP contribution < -0.4 is 5.32 Å². The van der Waals surface area contributed by atoms with Gasteiger partial charge in [0.05, 0.1) is 45.4 Å². The summed E-state index contributed by atoms with van der Waals surface area (Å²) in [5.41, 5.74) is 4.39. The van der Waals surface area contributed by atoms with Crippen LogP contribution in [0.2, 0.25) is 19.1 Å². The molecule has 2 saturated heterocycles. The van der Waals surface area contributed by atoms with E-state index in [0.717, 1.165) is 60.2 Å². The fourth-order valence-corrected chi connectivity index (χ4v) is 10.8. The standard InChI is InChI=1S/C42H54N8O4Si/c1-8-48(9-2)37(31-14-11-10-12-15-31)41(52)49-23-13-16-34(49)38-44-25-33(46-38)30-20-17-29(18-21-30)19-22-32-24-43-39(45-32)35-26-55(6,7)27-50(35)40(51)36(28(3)4)47-42(53)54-5/h10-12,14-15,17-18,20-21,24-25,28,34-37H,8-9,13,16,23,26-27H2,1-7H3,(H,43,45)(H,44,46)(H,47,53)/t34-,35-,36-,37+/m0/s1. The second-order valence-electron chi connectivity index (χ2n) is 15.6. The van der Waals surface area contributed by atoms with Gasteiger partial charge in [-0.05, 0) is 67.1 Å². The van der Waals surface area contributed by atoms with Crippen LogP contribution in [0.25, 0.3) is 11.3 Å². The minimum Gasteiger partial charge on any atom is -0.453 e. The Hall–Kier alpha value is -5.19. The second-order valence-corrected chi connectivity index (χ2v) is 20.7. The fraction of sp³-hybridized carbons (Fsp3) is 0.452. The number of methoxy groups -OCH3 is 1. The van der Waals surface area contributed by atoms with E-state index in [1.807, 2.05) is 84.4 Å². The summed E-state index contributed by atoms with van der Waals surface area (Å²) >= 11 is 0. The number of H-pyrrole nitrogens is 2. The van der Waals surface area contributed by atoms with Crippen molar-refractivity contribution >= 4 is 26.0 Å². The van der Waals surface area contributed by atoms with Crippen LogP contribution in [-0.4, -0.2) is 99.6 Å². The zero-order valence-electron chi connectivity index (χ0n) is 33.1. The van der Waals surface area contributed by atoms with E-state index in [0.29, 0.717) is 24.2 Å². The van der Waals surface area contributed by atoms with Crippen LogP contribution in [0, 0.1) is 17.8 Å². The molecule has 0 unspecified atom stereocenters. The van der Waals surface area contributed by atoms with Gasteiger partial charge in [0.25, 0.3) is 0 Å². The Labute approximate surface area is 325 Å². The maximum absolute atomic E-state index is 14.2. The highest BCUT2D eigenvalue weighted by Gasteiger charge is 2.46. The molecule has 13 heteroatoms. The molecule has 2 aliphatic heterocycles. The molecule has 2 aliphatic rings. The first-order valence-corrected chi connectivity index (χ1v) is 22.8. The molecule has 3 N–H and O–H groups in total. The van der Waals surface area contributed by atoms with E-state index < -0.39 is 20.2 Å². The molecule has 0 spiro atoms. The van der Waals surface area contributed by atoms with E-state index in [9.17, 15) is 14.4 Å². The van der Waals surface area contributed by atoms with Crippen LogP contribution in [0.3, 0.4) is 0 Å². The molecule has 2 aromatic heterocycles. The molecule has 0 aliphatic carbocycles. The minimum absolute atomic E-state index is 0.108. The molecule has 0 bridgehead atoms. The van der Waals surface area contributed by atoms with Gasteiger partial charge in [-0.1, -0.05) is 89.2 Å². The molecule has 12 nitrogen and oxygen atoms in total. The first-order valence-electron chi connectivity index (χ1n) is 19.4. The predicted molar refractivity (Wildman–Crippen MR) is 215 cm³/mol. The van der Waals surface area contributed by atoms with E-state index in [2.05, 4.69) is 64.0 Å². The Kier molecular flexibility index (Phi) is 12.3. The van der Waals surface area contributed by atoms with Crippen LogP contribution in [-0.2, 0) is 14.3 Å². The molecule has 6 rings (SSSR count). The van der Waals surface area contributed by atoms with Crippen LogP contribution >= 0.6 is 0 Å². The number of alkyl carbamates (subject to hydrolysis) is 1. The first-order chi connectivity index (χ1) is 26.4. The van der Waals surface area contributed by atoms with Crippen LogP contribution in [0.1, 0.15) is 87.1 Å². The minimum atomic E-state index is -1.74. The first kappa shape index (κ1) is 39.5. The van der Waals surface area contributed by atoms with Crippen molar-refractivity contribution in [3.8, 4) is 23.1 Å². The monoisotopic (exact) mass is 762 g/mol. The third-order valence-corrected chi connectivity index (χ3v) is 13.5. The van der Waals surface area contributed by atoms with Crippen molar-refractivity contribution in [2.24, 2.45) is 5.92 Å². The number of nitrogens with zero attached hydrogens (tertiary/aromatic N) is 5. The van der Waals surface area contributed by atoms with E-state index in [1.54, 1.807) is 6.20 Å². The van der Waals surface area contributed by atoms with Crippen molar-refractivity contribution in [2.75, 3.05) is 32.9 Å². The molecule has 2 fully saturated rings. The van der Waals surface area contributed by atoms with Crippen molar-refractivity contribution in [1.29, 1.82) is 0 Å². The number of hydrogen-bond acceptors (Lipinski definition) is 7. The number of likely N-dealkylation sites (N-methyl/N-ethyl adjacent to an activating group) is 1. The third-order valence-electron chi connectivity index (χ3n) is 10.8. The van der Waals surface area contributed by atoms with Gasteiger partial charge in [-0.15, -0.1) is 0 Å². The van der Waals surface area contributed by atoms with E-state index in [-0.39, 0.29) is 35.9 Å². The summed E-state index contributed by atoms with van der Waals surface area (Å²) in [7, 11) is -0.440. The van der Waals surface area contributed by atoms with Gasteiger partial charge in [0.15, 0.2) is 0 Å². The second kappa shape index (κ2) is 17.1. The number of ether oxygens (including phenoxy) is 1. The number of hydrogen-bond donors (Lipinski definition) is 3. The maximum Gasteiger partial charge on any atom is 0.407 e. The summed E-state index contributed by atoms with van der Waals surface area (Å²) in [6.07, 6.45) is 5.41. The maximum atomic E-state index is 14.2. The Morgan fingerprint density at radius 2 is 1.62 bits per heavy atom. The molecule has 4 atom stereocenters. The van der Waals surface area contributed by atoms with Gasteiger partial charge in [-0.3, -0.25) is 14.5 Å². The van der Waals surface area contributed by atoms with Crippen LogP contribution in [0.4, 0.5) is 4.79 Å². The average molecular weight is 763 g/mol. The van der Waals surface area contributed by atoms with Gasteiger partial charge < -0.3 is 29.8 Å². The highest BCUT2D eigenvalue weighted by molar-refractivity contribution is 6.78. The fourth-order valence-electron chi connectivity index (χ4n) is 7.92. The lowest BCUT2D eigenvalue weighted by Gasteiger charge is -2.34. The molecular formula is C42H54N8O4Si. The third kappa shape index (κ3) is 8.87. The number of aromatic nitrogens is 4. The molecule has 0 radical (unpaired) electrons. The van der Waals surface area contributed by atoms with Gasteiger partial charge >= 0.3 is 6.09 Å². The van der Waals surface area contributed by atoms with Gasteiger partial charge in [-0.2, -0.15) is 0 Å². The zero-order valence-corrected chi connectivity index (χ0v) is 34.1. The molecular weight excluding hydrogens is 709 g/mol. The number of benzene rings is 2. The van der Waals surface area contributed by atoms with Crippen molar-refractivity contribution < 1.29 is 19.1 Å². The summed E-state index contributed by atoms with van der Waals surface area (Å²) in [6.45, 7) is 14.8. The Morgan fingerprint density at radius 1 is 0.927 bits per heavy atom. The summed E-state index contributed by atoms with van der Waals surface area (Å²) in [5, 5.41) is 2.72. The number of likely N-dealkylation sites (tertiary alicyclic amines) is 1. The molecule has 2 aromatic carbocycles. The predicted octanol–water partition coefficient (Wildman–Crippen LogP) is 6.46. The number of imidazole rings is 2. The Morgan fingerprint density at radius 3 is 2.29 bits per heavy atom. The quantitative estimate of drug-likeness (QED) is 0.118. The van der Waals surface area contributed by atoms with E-state index in [4.69, 9.17) is 9.72 Å². The molecule has 55 heavy (non-hydrogen) atoms. The molecule has 0 saturated carbocycles. The van der Waals surface area contributed by atoms with Crippen molar-refractivity contribution in [1.82, 2.24) is 40.0 Å². The SMILES string of the molecule is CCN(CC)[C@@H](C(=O)N1CCC[C@H]1c1ncc(-c2ccc(C#Cc3cnc([C@@H]4C[Si](C)(C)CN4C(=O)[C@@H](NC(=O)OC)C(C)C)[nH]3)cc2)[nH]1)c1ccccc1. The highest BCUT2D eigenvalue weighted by atomic mass is 28.3. The topological polar surface area (TPSA) is 140 Å². The lowest BCUT2D eigenvalue weighted by molar-refractivity contribution is -0.138. The summed E-state index contributed by atoms with van der Waals surface area (Å²) in [5.74, 6) is 7.83. The lowest BCUT2D eigenvalue weighted by Crippen LogP contribution is -2.52. The lowest BCUT2D eigenvalue weighted by atomic mass is 10.0. The number of nitrogens with one attached hydrogen (secondary N) is 3. The normalized spacial score (nSPS) is 18.9. The summed E-state index contributed by atoms with van der Waals surface area (Å²) in [6, 6.07) is 17.6.